The third-order valence-electron chi connectivity index (χ3n) is 5.54. The average Bonchev–Trinajstić information content (AvgIpc) is 3.28. The van der Waals surface area contributed by atoms with Gasteiger partial charge in [0.1, 0.15) is 6.04 Å². The average molecular weight is 409 g/mol. The number of nitriles is 1. The van der Waals surface area contributed by atoms with Crippen molar-refractivity contribution in [1.29, 1.82) is 5.26 Å². The fraction of sp³-hybridized carbons (Fsp3) is 0.364. The van der Waals surface area contributed by atoms with E-state index in [0.29, 0.717) is 17.3 Å². The van der Waals surface area contributed by atoms with Gasteiger partial charge in [-0.2, -0.15) is 5.26 Å². The number of aromatic nitrogens is 1. The van der Waals surface area contributed by atoms with E-state index in [1.807, 2.05) is 42.5 Å². The number of hydrogen-bond donors (Lipinski definition) is 2. The third-order valence-corrected chi connectivity index (χ3v) is 6.85. The molecule has 7 heteroatoms. The lowest BCUT2D eigenvalue weighted by Gasteiger charge is -2.18. The first-order chi connectivity index (χ1) is 14.0. The molecule has 1 fully saturated rings. The quantitative estimate of drug-likeness (QED) is 0.607. The predicted octanol–water partition coefficient (Wildman–Crippen LogP) is 3.35. The minimum Gasteiger partial charge on any atom is -0.408 e. The number of benzene rings is 2. The van der Waals surface area contributed by atoms with Crippen LogP contribution in [0.1, 0.15) is 24.8 Å². The second-order valence-corrected chi connectivity index (χ2v) is 8.64. The maximum Gasteiger partial charge on any atom is 0.419 e. The van der Waals surface area contributed by atoms with E-state index in [-0.39, 0.29) is 17.8 Å². The molecule has 6 nitrogen and oxygen atoms in total. The number of hydrogen-bond acceptors (Lipinski definition) is 6. The van der Waals surface area contributed by atoms with E-state index < -0.39 is 0 Å². The molecule has 3 atom stereocenters. The molecule has 1 saturated carbocycles. The van der Waals surface area contributed by atoms with Crippen molar-refractivity contribution >= 4 is 23.0 Å². The van der Waals surface area contributed by atoms with E-state index in [1.165, 1.54) is 4.57 Å². The molecule has 2 aromatic carbocycles. The summed E-state index contributed by atoms with van der Waals surface area (Å²) in [6, 6.07) is 16.2. The predicted molar refractivity (Wildman–Crippen MR) is 116 cm³/mol. The number of rotatable bonds is 6. The number of fused-ring (bicyclic) bond motifs is 1. The summed E-state index contributed by atoms with van der Waals surface area (Å²) >= 11 is 1.61. The normalized spacial score (nSPS) is 20.0. The van der Waals surface area contributed by atoms with Crippen molar-refractivity contribution in [3.8, 4) is 17.2 Å². The van der Waals surface area contributed by atoms with Crippen LogP contribution in [0.2, 0.25) is 0 Å². The van der Waals surface area contributed by atoms with Crippen LogP contribution in [0.25, 0.3) is 22.2 Å². The zero-order chi connectivity index (χ0) is 20.4. The SMILES string of the molecule is Cn1c(=O)oc2ccc(-c3ccc(CC(C#N)NSC4CCCC4N)cc3)cc21. The highest BCUT2D eigenvalue weighted by Gasteiger charge is 2.25. The Bertz CT molecular complexity index is 1100. The Kier molecular flexibility index (Phi) is 5.76. The van der Waals surface area contributed by atoms with Crippen LogP contribution in [0.15, 0.2) is 51.7 Å². The Hall–Kier alpha value is -2.53. The first kappa shape index (κ1) is 19.8. The van der Waals surface area contributed by atoms with E-state index >= 15 is 0 Å². The summed E-state index contributed by atoms with van der Waals surface area (Å²) in [5.74, 6) is -0.362. The molecule has 0 aliphatic heterocycles. The highest BCUT2D eigenvalue weighted by atomic mass is 32.2. The zero-order valence-electron chi connectivity index (χ0n) is 16.3. The summed E-state index contributed by atoms with van der Waals surface area (Å²) in [5.41, 5.74) is 10.6. The smallest absolute Gasteiger partial charge is 0.408 e. The fourth-order valence-electron chi connectivity index (χ4n) is 3.76. The van der Waals surface area contributed by atoms with Crippen LogP contribution in [-0.4, -0.2) is 21.9 Å². The van der Waals surface area contributed by atoms with Crippen molar-refractivity contribution in [2.45, 2.75) is 43.0 Å². The van der Waals surface area contributed by atoms with E-state index in [1.54, 1.807) is 19.0 Å². The van der Waals surface area contributed by atoms with Crippen molar-refractivity contribution < 1.29 is 4.42 Å². The van der Waals surface area contributed by atoms with Gasteiger partial charge < -0.3 is 10.2 Å². The van der Waals surface area contributed by atoms with Gasteiger partial charge in [0.15, 0.2) is 5.58 Å². The minimum absolute atomic E-state index is 0.221. The summed E-state index contributed by atoms with van der Waals surface area (Å²) in [5, 5.41) is 9.89. The monoisotopic (exact) mass is 408 g/mol. The Morgan fingerprint density at radius 3 is 2.72 bits per heavy atom. The van der Waals surface area contributed by atoms with E-state index in [2.05, 4.69) is 10.8 Å². The van der Waals surface area contributed by atoms with E-state index in [9.17, 15) is 10.1 Å². The second kappa shape index (κ2) is 8.46. The molecule has 0 bridgehead atoms. The summed E-state index contributed by atoms with van der Waals surface area (Å²) in [7, 11) is 1.70. The topological polar surface area (TPSA) is 97.0 Å². The standard InChI is InChI=1S/C22H24N4O2S/c1-26-19-12-16(9-10-20(19)28-22(26)27)15-7-5-14(6-8-15)11-17(13-23)25-29-21-4-2-3-18(21)24/h5-10,12,17-18,21,25H,2-4,11,24H2,1H3. The Morgan fingerprint density at radius 2 is 2.03 bits per heavy atom. The van der Waals surface area contributed by atoms with Crippen molar-refractivity contribution in [3.05, 3.63) is 58.6 Å². The van der Waals surface area contributed by atoms with Gasteiger partial charge in [-0.25, -0.2) is 9.52 Å². The largest absolute Gasteiger partial charge is 0.419 e. The summed E-state index contributed by atoms with van der Waals surface area (Å²) in [4.78, 5) is 11.7. The molecule has 0 amide bonds. The Labute approximate surface area is 173 Å². The van der Waals surface area contributed by atoms with Crippen LogP contribution in [0.3, 0.4) is 0 Å². The van der Waals surface area contributed by atoms with E-state index in [4.69, 9.17) is 10.2 Å². The molecule has 3 N–H and O–H groups in total. The molecule has 4 rings (SSSR count). The number of aryl methyl sites for hydroxylation is 1. The molecule has 150 valence electrons. The molecule has 29 heavy (non-hydrogen) atoms. The van der Waals surface area contributed by atoms with Crippen LogP contribution < -0.4 is 16.2 Å². The molecule has 0 saturated heterocycles. The zero-order valence-corrected chi connectivity index (χ0v) is 17.1. The summed E-state index contributed by atoms with van der Waals surface area (Å²) in [6.07, 6.45) is 3.98. The number of oxazole rings is 1. The van der Waals surface area contributed by atoms with Crippen LogP contribution >= 0.6 is 11.9 Å². The Morgan fingerprint density at radius 1 is 1.28 bits per heavy atom. The molecule has 1 aromatic heterocycles. The molecule has 3 aromatic rings. The number of nitrogens with one attached hydrogen (secondary N) is 1. The van der Waals surface area contributed by atoms with Gasteiger partial charge in [0, 0.05) is 24.8 Å². The lowest BCUT2D eigenvalue weighted by Crippen LogP contribution is -2.32. The summed E-state index contributed by atoms with van der Waals surface area (Å²) < 4.78 is 9.99. The van der Waals surface area contributed by atoms with Gasteiger partial charge in [-0.3, -0.25) is 4.57 Å². The van der Waals surface area contributed by atoms with Crippen LogP contribution in [-0.2, 0) is 13.5 Å². The summed E-state index contributed by atoms with van der Waals surface area (Å²) in [6.45, 7) is 0. The third kappa shape index (κ3) is 4.25. The number of nitrogens with two attached hydrogens (primary N) is 1. The van der Waals surface area contributed by atoms with Gasteiger partial charge >= 0.3 is 5.76 Å². The molecular weight excluding hydrogens is 384 g/mol. The molecule has 1 aliphatic rings. The van der Waals surface area contributed by atoms with Crippen LogP contribution in [0.4, 0.5) is 0 Å². The van der Waals surface area contributed by atoms with Gasteiger partial charge in [0.2, 0.25) is 0 Å². The molecule has 0 radical (unpaired) electrons. The van der Waals surface area contributed by atoms with Crippen molar-refractivity contribution in [2.75, 3.05) is 0 Å². The van der Waals surface area contributed by atoms with Crippen LogP contribution in [0.5, 0.6) is 0 Å². The minimum atomic E-state index is -0.362. The van der Waals surface area contributed by atoms with Crippen molar-refractivity contribution in [2.24, 2.45) is 12.8 Å². The highest BCUT2D eigenvalue weighted by molar-refractivity contribution is 7.98. The molecule has 0 spiro atoms. The second-order valence-electron chi connectivity index (χ2n) is 7.56. The molecule has 3 unspecified atom stereocenters. The van der Waals surface area contributed by atoms with E-state index in [0.717, 1.165) is 41.5 Å². The maximum atomic E-state index is 11.7. The van der Waals surface area contributed by atoms with Gasteiger partial charge in [-0.15, -0.1) is 0 Å². The fourth-order valence-corrected chi connectivity index (χ4v) is 4.83. The van der Waals surface area contributed by atoms with Crippen molar-refractivity contribution in [3.63, 3.8) is 0 Å². The van der Waals surface area contributed by atoms with Crippen LogP contribution in [0, 0.1) is 11.3 Å². The lowest BCUT2D eigenvalue weighted by atomic mass is 10.0. The Balaban J connectivity index is 1.44. The molecule has 1 aliphatic carbocycles. The van der Waals surface area contributed by atoms with Gasteiger partial charge in [-0.05, 0) is 41.7 Å². The molecule has 1 heterocycles. The van der Waals surface area contributed by atoms with Gasteiger partial charge in [0.05, 0.1) is 11.6 Å². The van der Waals surface area contributed by atoms with Gasteiger partial charge in [0.25, 0.3) is 0 Å². The highest BCUT2D eigenvalue weighted by Crippen LogP contribution is 2.28. The van der Waals surface area contributed by atoms with Gasteiger partial charge in [-0.1, -0.05) is 48.7 Å². The maximum absolute atomic E-state index is 11.7. The number of nitrogens with zero attached hydrogens (tertiary/aromatic N) is 2. The van der Waals surface area contributed by atoms with Crippen molar-refractivity contribution in [1.82, 2.24) is 9.29 Å². The molecular formula is C22H24N4O2S. The lowest BCUT2D eigenvalue weighted by molar-refractivity contribution is 0.528. The first-order valence-electron chi connectivity index (χ1n) is 9.80. The first-order valence-corrected chi connectivity index (χ1v) is 10.7.